The van der Waals surface area contributed by atoms with Gasteiger partial charge in [0.25, 0.3) is 5.97 Å². The molecule has 2 atom stereocenters. The van der Waals surface area contributed by atoms with Crippen molar-refractivity contribution in [3.8, 4) is 0 Å². The van der Waals surface area contributed by atoms with Gasteiger partial charge in [0.15, 0.2) is 0 Å². The molecule has 2 unspecified atom stereocenters. The zero-order valence-electron chi connectivity index (χ0n) is 12.8. The Morgan fingerprint density at radius 3 is 2.00 bits per heavy atom. The summed E-state index contributed by atoms with van der Waals surface area (Å²) in [4.78, 5) is 42.2. The Morgan fingerprint density at radius 1 is 1.17 bits per heavy atom. The highest BCUT2D eigenvalue weighted by molar-refractivity contribution is 5.85. The smallest absolute Gasteiger partial charge is 0.352 e. The summed E-state index contributed by atoms with van der Waals surface area (Å²) in [5, 5.41) is 27.2. The van der Waals surface area contributed by atoms with Crippen LogP contribution in [0.4, 0.5) is 0 Å². The molecule has 0 radical (unpaired) electrons. The van der Waals surface area contributed by atoms with Crippen molar-refractivity contribution in [2.75, 3.05) is 6.54 Å². The normalized spacial score (nSPS) is 18.7. The molecule has 1 aromatic heterocycles. The maximum atomic E-state index is 10.5. The molecular weight excluding hydrogens is 308 g/mol. The van der Waals surface area contributed by atoms with Gasteiger partial charge in [-0.1, -0.05) is 13.0 Å². The van der Waals surface area contributed by atoms with Crippen molar-refractivity contribution in [2.24, 2.45) is 5.92 Å². The lowest BCUT2D eigenvalue weighted by atomic mass is 10.0. The number of aromatic carboxylic acids is 1. The molecule has 0 aliphatic carbocycles. The van der Waals surface area contributed by atoms with E-state index in [1.54, 1.807) is 0 Å². The Bertz CT molecular complexity index is 593. The van der Waals surface area contributed by atoms with Crippen LogP contribution >= 0.6 is 0 Å². The Labute approximate surface area is 132 Å². The van der Waals surface area contributed by atoms with Gasteiger partial charge in [-0.15, -0.1) is 0 Å². The largest absolute Gasteiger partial charge is 0.481 e. The molecule has 1 aromatic rings. The van der Waals surface area contributed by atoms with Crippen LogP contribution in [0.1, 0.15) is 30.8 Å². The SMILES string of the molecule is CC(=O)O.CC1CCNC1C(=O)O.O=C(O)c1cccc(=O)[nH]1. The van der Waals surface area contributed by atoms with Gasteiger partial charge in [-0.05, 0) is 24.9 Å². The minimum atomic E-state index is -1.13. The molecule has 2 rings (SSSR count). The number of aromatic nitrogens is 1. The van der Waals surface area contributed by atoms with Gasteiger partial charge in [0.2, 0.25) is 5.56 Å². The summed E-state index contributed by atoms with van der Waals surface area (Å²) in [6.45, 7) is 3.89. The average molecular weight is 328 g/mol. The first-order valence-corrected chi connectivity index (χ1v) is 6.73. The molecule has 1 aliphatic rings. The molecule has 0 amide bonds. The van der Waals surface area contributed by atoms with Gasteiger partial charge < -0.3 is 25.6 Å². The van der Waals surface area contributed by atoms with E-state index in [4.69, 9.17) is 20.1 Å². The lowest BCUT2D eigenvalue weighted by Gasteiger charge is -2.07. The molecule has 2 heterocycles. The summed E-state index contributed by atoms with van der Waals surface area (Å²) in [6, 6.07) is 3.67. The second kappa shape index (κ2) is 10.1. The van der Waals surface area contributed by atoms with Crippen LogP contribution in [0.15, 0.2) is 23.0 Å². The van der Waals surface area contributed by atoms with Crippen molar-refractivity contribution in [1.82, 2.24) is 10.3 Å². The van der Waals surface area contributed by atoms with E-state index in [-0.39, 0.29) is 11.7 Å². The number of H-pyrrole nitrogens is 1. The second-order valence-corrected chi connectivity index (χ2v) is 4.79. The number of nitrogens with one attached hydrogen (secondary N) is 2. The van der Waals surface area contributed by atoms with Crippen molar-refractivity contribution in [3.63, 3.8) is 0 Å². The number of rotatable bonds is 2. The van der Waals surface area contributed by atoms with E-state index in [9.17, 15) is 14.4 Å². The van der Waals surface area contributed by atoms with Crippen LogP contribution in [0.3, 0.4) is 0 Å². The molecule has 9 heteroatoms. The maximum absolute atomic E-state index is 10.5. The molecule has 0 aromatic carbocycles. The number of carboxylic acid groups (broad SMARTS) is 3. The number of carbonyl (C=O) groups is 3. The van der Waals surface area contributed by atoms with Crippen molar-refractivity contribution < 1.29 is 29.7 Å². The summed E-state index contributed by atoms with van der Waals surface area (Å²) >= 11 is 0. The van der Waals surface area contributed by atoms with Crippen LogP contribution in [0.2, 0.25) is 0 Å². The topological polar surface area (TPSA) is 157 Å². The molecule has 1 fully saturated rings. The van der Waals surface area contributed by atoms with E-state index in [0.717, 1.165) is 19.9 Å². The first kappa shape index (κ1) is 20.3. The first-order valence-electron chi connectivity index (χ1n) is 6.73. The second-order valence-electron chi connectivity index (χ2n) is 4.79. The van der Waals surface area contributed by atoms with E-state index in [2.05, 4.69) is 10.3 Å². The monoisotopic (exact) mass is 328 g/mol. The lowest BCUT2D eigenvalue weighted by molar-refractivity contribution is -0.140. The van der Waals surface area contributed by atoms with E-state index in [1.165, 1.54) is 18.2 Å². The van der Waals surface area contributed by atoms with Crippen molar-refractivity contribution in [2.45, 2.75) is 26.3 Å². The zero-order chi connectivity index (χ0) is 18.0. The summed E-state index contributed by atoms with van der Waals surface area (Å²) in [7, 11) is 0. The first-order chi connectivity index (χ1) is 10.6. The van der Waals surface area contributed by atoms with Crippen molar-refractivity contribution in [1.29, 1.82) is 0 Å². The standard InChI is InChI=1S/C6H5NO3.C6H11NO2.C2H4O2/c8-5-3-1-2-4(7-5)6(9)10;1-4-2-3-7-5(4)6(8)9;1-2(3)4/h1-3H,(H,7,8)(H,9,10);4-5,7H,2-3H2,1H3,(H,8,9);1H3,(H,3,4). The molecule has 0 saturated carbocycles. The van der Waals surface area contributed by atoms with Gasteiger partial charge in [-0.3, -0.25) is 14.4 Å². The van der Waals surface area contributed by atoms with Gasteiger partial charge in [-0.2, -0.15) is 0 Å². The molecule has 23 heavy (non-hydrogen) atoms. The van der Waals surface area contributed by atoms with Gasteiger partial charge in [0, 0.05) is 13.0 Å². The molecule has 9 nitrogen and oxygen atoms in total. The maximum Gasteiger partial charge on any atom is 0.352 e. The van der Waals surface area contributed by atoms with Crippen LogP contribution in [-0.2, 0) is 9.59 Å². The lowest BCUT2D eigenvalue weighted by Crippen LogP contribution is -2.34. The molecule has 0 spiro atoms. The fraction of sp³-hybridized carbons (Fsp3) is 0.429. The fourth-order valence-corrected chi connectivity index (χ4v) is 1.74. The van der Waals surface area contributed by atoms with Crippen LogP contribution in [0, 0.1) is 5.92 Å². The van der Waals surface area contributed by atoms with Crippen LogP contribution < -0.4 is 10.9 Å². The Hall–Kier alpha value is -2.68. The Balaban J connectivity index is 0.000000345. The fourth-order valence-electron chi connectivity index (χ4n) is 1.74. The van der Waals surface area contributed by atoms with Crippen molar-refractivity contribution >= 4 is 17.9 Å². The van der Waals surface area contributed by atoms with Crippen LogP contribution in [0.25, 0.3) is 0 Å². The summed E-state index contributed by atoms with van der Waals surface area (Å²) in [5.74, 6) is -2.39. The summed E-state index contributed by atoms with van der Waals surface area (Å²) < 4.78 is 0. The van der Waals surface area contributed by atoms with E-state index in [0.29, 0.717) is 5.92 Å². The van der Waals surface area contributed by atoms with Gasteiger partial charge in [0.1, 0.15) is 11.7 Å². The van der Waals surface area contributed by atoms with E-state index >= 15 is 0 Å². The van der Waals surface area contributed by atoms with E-state index < -0.39 is 23.5 Å². The van der Waals surface area contributed by atoms with Crippen LogP contribution in [0.5, 0.6) is 0 Å². The molecule has 1 saturated heterocycles. The van der Waals surface area contributed by atoms with Crippen molar-refractivity contribution in [3.05, 3.63) is 34.2 Å². The molecule has 0 bridgehead atoms. The highest BCUT2D eigenvalue weighted by atomic mass is 16.4. The van der Waals surface area contributed by atoms with Crippen LogP contribution in [-0.4, -0.2) is 50.8 Å². The number of aromatic amines is 1. The number of hydrogen-bond acceptors (Lipinski definition) is 5. The molecule has 128 valence electrons. The van der Waals surface area contributed by atoms with E-state index in [1.807, 2.05) is 6.92 Å². The highest BCUT2D eigenvalue weighted by Gasteiger charge is 2.28. The minimum absolute atomic E-state index is 0.0903. The third kappa shape index (κ3) is 9.04. The summed E-state index contributed by atoms with van der Waals surface area (Å²) in [5.41, 5.74) is -0.493. The number of pyridine rings is 1. The summed E-state index contributed by atoms with van der Waals surface area (Å²) in [6.07, 6.45) is 0.983. The zero-order valence-corrected chi connectivity index (χ0v) is 12.8. The third-order valence-electron chi connectivity index (χ3n) is 2.80. The predicted molar refractivity (Wildman–Crippen MR) is 80.5 cm³/mol. The number of carboxylic acids is 3. The molecule has 5 N–H and O–H groups in total. The molecular formula is C14H20N2O7. The van der Waals surface area contributed by atoms with Gasteiger partial charge >= 0.3 is 11.9 Å². The number of hydrogen-bond donors (Lipinski definition) is 5. The predicted octanol–water partition coefficient (Wildman–Crippen LogP) is 0.233. The Kier molecular flexibility index (Phi) is 8.94. The average Bonchev–Trinajstić information content (AvgIpc) is 2.85. The third-order valence-corrected chi connectivity index (χ3v) is 2.80. The van der Waals surface area contributed by atoms with Gasteiger partial charge in [0.05, 0.1) is 0 Å². The molecule has 1 aliphatic heterocycles. The number of aliphatic carboxylic acids is 2. The Morgan fingerprint density at radius 2 is 1.74 bits per heavy atom. The minimum Gasteiger partial charge on any atom is -0.481 e. The highest BCUT2D eigenvalue weighted by Crippen LogP contribution is 2.13. The quantitative estimate of drug-likeness (QED) is 0.516. The van der Waals surface area contributed by atoms with Gasteiger partial charge in [-0.25, -0.2) is 4.79 Å².